The fourth-order valence-corrected chi connectivity index (χ4v) is 0.693. The lowest BCUT2D eigenvalue weighted by molar-refractivity contribution is 0.171. The first-order chi connectivity index (χ1) is 3.43. The first kappa shape index (κ1) is 4.67. The van der Waals surface area contributed by atoms with E-state index < -0.39 is 0 Å². The van der Waals surface area contributed by atoms with Crippen molar-refractivity contribution in [3.63, 3.8) is 0 Å². The van der Waals surface area contributed by atoms with Crippen LogP contribution >= 0.6 is 11.5 Å². The summed E-state index contributed by atoms with van der Waals surface area (Å²) in [7, 11) is 0. The molecule has 3 nitrogen and oxygen atoms in total. The van der Waals surface area contributed by atoms with Crippen LogP contribution < -0.4 is 0 Å². The van der Waals surface area contributed by atoms with Crippen molar-refractivity contribution in [1.82, 2.24) is 9.36 Å². The van der Waals surface area contributed by atoms with Crippen molar-refractivity contribution in [2.24, 2.45) is 0 Å². The Morgan fingerprint density at radius 2 is 2.71 bits per heavy atom. The molecule has 1 rings (SSSR count). The van der Waals surface area contributed by atoms with Crippen molar-refractivity contribution in [3.8, 4) is 0 Å². The van der Waals surface area contributed by atoms with Gasteiger partial charge in [0.05, 0.1) is 0 Å². The van der Waals surface area contributed by atoms with Gasteiger partial charge >= 0.3 is 0 Å². The topological polar surface area (TPSA) is 45.7 Å². The predicted molar refractivity (Wildman–Crippen MR) is 24.3 cm³/mol. The van der Waals surface area contributed by atoms with E-state index in [0.29, 0.717) is 5.82 Å². The molecule has 4 heteroatoms. The second kappa shape index (κ2) is 1.99. The highest BCUT2D eigenvalue weighted by molar-refractivity contribution is 7.03. The van der Waals surface area contributed by atoms with Gasteiger partial charge in [-0.3, -0.25) is 0 Å². The molecule has 0 atom stereocenters. The standard InChI is InChI=1S/C3H3N2OS/c6-1-3-4-2-7-5-3/h2H,1H2. The molecule has 0 aliphatic heterocycles. The molecule has 0 aliphatic rings. The molecule has 1 radical (unpaired) electrons. The number of rotatable bonds is 1. The van der Waals surface area contributed by atoms with Crippen LogP contribution in [-0.4, -0.2) is 9.36 Å². The van der Waals surface area contributed by atoms with Crippen molar-refractivity contribution in [2.75, 3.05) is 0 Å². The van der Waals surface area contributed by atoms with Gasteiger partial charge in [0.2, 0.25) is 0 Å². The summed E-state index contributed by atoms with van der Waals surface area (Å²) in [6, 6.07) is 0. The largest absolute Gasteiger partial charge is 0.228 e. The van der Waals surface area contributed by atoms with Gasteiger partial charge < -0.3 is 0 Å². The van der Waals surface area contributed by atoms with E-state index >= 15 is 0 Å². The van der Waals surface area contributed by atoms with Crippen LogP contribution in [0, 0.1) is 0 Å². The molecule has 37 valence electrons. The van der Waals surface area contributed by atoms with Crippen molar-refractivity contribution in [1.29, 1.82) is 0 Å². The molecule has 1 heterocycles. The van der Waals surface area contributed by atoms with Crippen LogP contribution in [-0.2, 0) is 11.7 Å². The van der Waals surface area contributed by atoms with Gasteiger partial charge in [-0.25, -0.2) is 10.1 Å². The maximum Gasteiger partial charge on any atom is 0.171 e. The maximum absolute atomic E-state index is 9.87. The van der Waals surface area contributed by atoms with Crippen LogP contribution in [0.2, 0.25) is 0 Å². The third-order valence-corrected chi connectivity index (χ3v) is 1.05. The molecule has 0 aromatic carbocycles. The van der Waals surface area contributed by atoms with Gasteiger partial charge in [-0.1, -0.05) is 0 Å². The van der Waals surface area contributed by atoms with E-state index in [2.05, 4.69) is 9.36 Å². The second-order valence-electron chi connectivity index (χ2n) is 0.992. The highest BCUT2D eigenvalue weighted by Gasteiger charge is 1.89. The van der Waals surface area contributed by atoms with Crippen molar-refractivity contribution in [2.45, 2.75) is 6.61 Å². The summed E-state index contributed by atoms with van der Waals surface area (Å²) in [5.74, 6) is 0.394. The third-order valence-electron chi connectivity index (χ3n) is 0.536. The van der Waals surface area contributed by atoms with Crippen LogP contribution in [0.3, 0.4) is 0 Å². The zero-order valence-electron chi connectivity index (χ0n) is 3.50. The van der Waals surface area contributed by atoms with Crippen LogP contribution in [0.25, 0.3) is 0 Å². The summed E-state index contributed by atoms with van der Waals surface area (Å²) in [4.78, 5) is 3.63. The van der Waals surface area contributed by atoms with Crippen LogP contribution in [0.4, 0.5) is 0 Å². The van der Waals surface area contributed by atoms with E-state index in [9.17, 15) is 5.11 Å². The Kier molecular flexibility index (Phi) is 1.33. The van der Waals surface area contributed by atoms with Gasteiger partial charge in [-0.05, 0) is 11.5 Å². The van der Waals surface area contributed by atoms with Gasteiger partial charge in [0.25, 0.3) is 0 Å². The molecule has 0 bridgehead atoms. The minimum Gasteiger partial charge on any atom is -0.228 e. The predicted octanol–water partition coefficient (Wildman–Crippen LogP) is 0.469. The number of nitrogens with zero attached hydrogens (tertiary/aromatic N) is 2. The number of hydrogen-bond donors (Lipinski definition) is 0. The lowest BCUT2D eigenvalue weighted by atomic mass is 10.7. The molecular weight excluding hydrogens is 112 g/mol. The number of aromatic nitrogens is 2. The smallest absolute Gasteiger partial charge is 0.171 e. The molecule has 0 fully saturated rings. The molecule has 0 saturated carbocycles. The Morgan fingerprint density at radius 3 is 3.00 bits per heavy atom. The summed E-state index contributed by atoms with van der Waals surface area (Å²) < 4.78 is 3.65. The third kappa shape index (κ3) is 0.942. The molecule has 1 aromatic heterocycles. The van der Waals surface area contributed by atoms with Gasteiger partial charge in [0.15, 0.2) is 5.82 Å². The van der Waals surface area contributed by atoms with Crippen LogP contribution in [0.15, 0.2) is 5.51 Å². The SMILES string of the molecule is [O]Cc1ncsn1. The second-order valence-corrected chi connectivity index (χ2v) is 1.60. The minimum absolute atomic E-state index is 0.302. The quantitative estimate of drug-likeness (QED) is 0.534. The zero-order chi connectivity index (χ0) is 5.11. The zero-order valence-corrected chi connectivity index (χ0v) is 4.31. The minimum atomic E-state index is -0.302. The normalized spacial score (nSPS) is 9.29. The highest BCUT2D eigenvalue weighted by atomic mass is 32.1. The lowest BCUT2D eigenvalue weighted by Gasteiger charge is -1.72. The fraction of sp³-hybridized carbons (Fsp3) is 0.333. The van der Waals surface area contributed by atoms with E-state index in [1.165, 1.54) is 11.5 Å². The Bertz CT molecular complexity index is 127. The molecule has 0 saturated heterocycles. The molecular formula is C3H3N2OS. The van der Waals surface area contributed by atoms with Gasteiger partial charge in [-0.2, -0.15) is 4.37 Å². The van der Waals surface area contributed by atoms with Gasteiger partial charge in [0.1, 0.15) is 12.1 Å². The molecule has 1 aromatic rings. The van der Waals surface area contributed by atoms with E-state index in [-0.39, 0.29) is 6.61 Å². The van der Waals surface area contributed by atoms with Gasteiger partial charge in [0, 0.05) is 0 Å². The van der Waals surface area contributed by atoms with E-state index in [4.69, 9.17) is 0 Å². The van der Waals surface area contributed by atoms with Crippen LogP contribution in [0.5, 0.6) is 0 Å². The average molecular weight is 115 g/mol. The van der Waals surface area contributed by atoms with Crippen LogP contribution in [0.1, 0.15) is 5.82 Å². The van der Waals surface area contributed by atoms with E-state index in [0.717, 1.165) is 0 Å². The van der Waals surface area contributed by atoms with E-state index in [1.54, 1.807) is 5.51 Å². The Balaban J connectivity index is 2.76. The molecule has 0 aliphatic carbocycles. The van der Waals surface area contributed by atoms with E-state index in [1.807, 2.05) is 0 Å². The van der Waals surface area contributed by atoms with Crippen molar-refractivity contribution in [3.05, 3.63) is 11.3 Å². The Hall–Kier alpha value is -0.480. The Labute approximate surface area is 44.8 Å². The summed E-state index contributed by atoms with van der Waals surface area (Å²) in [5.41, 5.74) is 1.55. The molecule has 0 spiro atoms. The molecule has 0 amide bonds. The lowest BCUT2D eigenvalue weighted by Crippen LogP contribution is -1.80. The fourth-order valence-electron chi connectivity index (χ4n) is 0.256. The molecule has 0 unspecified atom stereocenters. The van der Waals surface area contributed by atoms with Crippen molar-refractivity contribution >= 4 is 11.5 Å². The first-order valence-corrected chi connectivity index (χ1v) is 2.60. The van der Waals surface area contributed by atoms with Gasteiger partial charge in [-0.15, -0.1) is 0 Å². The summed E-state index contributed by atoms with van der Waals surface area (Å²) in [5, 5.41) is 9.87. The highest BCUT2D eigenvalue weighted by Crippen LogP contribution is 1.91. The maximum atomic E-state index is 9.87. The summed E-state index contributed by atoms with van der Waals surface area (Å²) in [6.45, 7) is -0.302. The Morgan fingerprint density at radius 1 is 1.86 bits per heavy atom. The average Bonchev–Trinajstić information content (AvgIpc) is 2.14. The number of hydrogen-bond acceptors (Lipinski definition) is 3. The monoisotopic (exact) mass is 115 g/mol. The summed E-state index contributed by atoms with van der Waals surface area (Å²) >= 11 is 1.20. The van der Waals surface area contributed by atoms with Crippen molar-refractivity contribution < 1.29 is 5.11 Å². The molecule has 7 heavy (non-hydrogen) atoms. The summed E-state index contributed by atoms with van der Waals surface area (Å²) in [6.07, 6.45) is 0. The molecule has 0 N–H and O–H groups in total. The first-order valence-electron chi connectivity index (χ1n) is 1.77.